The second-order valence-electron chi connectivity index (χ2n) is 7.52. The van der Waals surface area contributed by atoms with E-state index in [1.807, 2.05) is 42.6 Å². The first-order valence-corrected chi connectivity index (χ1v) is 9.47. The fourth-order valence-corrected chi connectivity index (χ4v) is 2.94. The van der Waals surface area contributed by atoms with Crippen molar-refractivity contribution in [2.45, 2.75) is 38.7 Å². The van der Waals surface area contributed by atoms with Crippen molar-refractivity contribution in [3.05, 3.63) is 66.5 Å². The zero-order valence-electron chi connectivity index (χ0n) is 16.3. The fraction of sp³-hybridized carbons (Fsp3) is 0.348. The zero-order chi connectivity index (χ0) is 19.3. The molecule has 1 heterocycles. The molecule has 0 saturated heterocycles. The minimum atomic E-state index is -0.615. The summed E-state index contributed by atoms with van der Waals surface area (Å²) in [6.45, 7) is 7.30. The number of nitrogens with one attached hydrogen (secondary N) is 1. The van der Waals surface area contributed by atoms with Crippen molar-refractivity contribution in [2.75, 3.05) is 18.5 Å². The van der Waals surface area contributed by atoms with Crippen LogP contribution < -0.4 is 10.1 Å². The van der Waals surface area contributed by atoms with E-state index in [9.17, 15) is 5.11 Å². The summed E-state index contributed by atoms with van der Waals surface area (Å²) >= 11 is 0. The molecule has 0 amide bonds. The molecular weight excluding hydrogens is 336 g/mol. The van der Waals surface area contributed by atoms with E-state index >= 15 is 0 Å². The number of hydrogen-bond donors (Lipinski definition) is 2. The molecule has 0 spiro atoms. The van der Waals surface area contributed by atoms with Gasteiger partial charge in [0.1, 0.15) is 18.5 Å². The number of aromatic nitrogens is 1. The lowest BCUT2D eigenvalue weighted by atomic mass is 9.82. The first-order valence-electron chi connectivity index (χ1n) is 9.47. The van der Waals surface area contributed by atoms with Crippen molar-refractivity contribution in [3.8, 4) is 5.75 Å². The van der Waals surface area contributed by atoms with Gasteiger partial charge in [-0.25, -0.2) is 0 Å². The summed E-state index contributed by atoms with van der Waals surface area (Å²) in [5.41, 5.74) is 2.37. The van der Waals surface area contributed by atoms with Crippen molar-refractivity contribution in [1.82, 2.24) is 4.98 Å². The molecule has 142 valence electrons. The topological polar surface area (TPSA) is 54.4 Å². The van der Waals surface area contributed by atoms with Gasteiger partial charge in [-0.3, -0.25) is 4.98 Å². The molecule has 0 radical (unpaired) electrons. The molecule has 1 aromatic heterocycles. The highest BCUT2D eigenvalue weighted by molar-refractivity contribution is 5.92. The monoisotopic (exact) mass is 364 g/mol. The molecule has 0 aliphatic rings. The van der Waals surface area contributed by atoms with Crippen molar-refractivity contribution in [1.29, 1.82) is 0 Å². The third-order valence-corrected chi connectivity index (χ3v) is 5.16. The van der Waals surface area contributed by atoms with Gasteiger partial charge < -0.3 is 15.2 Å². The minimum Gasteiger partial charge on any atom is -0.491 e. The van der Waals surface area contributed by atoms with Gasteiger partial charge in [0.05, 0.1) is 11.9 Å². The number of benzene rings is 2. The van der Waals surface area contributed by atoms with Gasteiger partial charge in [0.15, 0.2) is 0 Å². The molecule has 0 saturated carbocycles. The maximum atomic E-state index is 10.3. The molecule has 0 bridgehead atoms. The molecule has 0 fully saturated rings. The Balaban J connectivity index is 1.53. The second-order valence-corrected chi connectivity index (χ2v) is 7.52. The molecule has 4 nitrogen and oxygen atoms in total. The van der Waals surface area contributed by atoms with E-state index in [-0.39, 0.29) is 12.0 Å². The Morgan fingerprint density at radius 1 is 1.07 bits per heavy atom. The Kier molecular flexibility index (Phi) is 5.97. The SMILES string of the molecule is CCC(C)(C)c1ccc(OCC(O)CNc2cncc3ccccc23)cc1. The van der Waals surface area contributed by atoms with Gasteiger partial charge in [-0.2, -0.15) is 0 Å². The average molecular weight is 364 g/mol. The summed E-state index contributed by atoms with van der Waals surface area (Å²) in [4.78, 5) is 4.24. The fourth-order valence-electron chi connectivity index (χ4n) is 2.94. The number of fused-ring (bicyclic) bond motifs is 1. The van der Waals surface area contributed by atoms with Crippen LogP contribution in [0.1, 0.15) is 32.8 Å². The zero-order valence-corrected chi connectivity index (χ0v) is 16.3. The number of nitrogens with zero attached hydrogens (tertiary/aromatic N) is 1. The summed E-state index contributed by atoms with van der Waals surface area (Å²) < 4.78 is 5.74. The lowest BCUT2D eigenvalue weighted by molar-refractivity contribution is 0.117. The molecule has 2 aromatic carbocycles. The molecule has 1 atom stereocenters. The van der Waals surface area contributed by atoms with Crippen LogP contribution in [0.3, 0.4) is 0 Å². The normalized spacial score (nSPS) is 12.7. The number of hydrogen-bond acceptors (Lipinski definition) is 4. The molecule has 27 heavy (non-hydrogen) atoms. The summed E-state index contributed by atoms with van der Waals surface area (Å²) in [6.07, 6.45) is 4.09. The van der Waals surface area contributed by atoms with Gasteiger partial charge in [0, 0.05) is 23.5 Å². The van der Waals surface area contributed by atoms with Crippen LogP contribution in [-0.2, 0) is 5.41 Å². The Morgan fingerprint density at radius 2 is 1.81 bits per heavy atom. The highest BCUT2D eigenvalue weighted by atomic mass is 16.5. The number of pyridine rings is 1. The summed E-state index contributed by atoms with van der Waals surface area (Å²) in [5, 5.41) is 15.7. The van der Waals surface area contributed by atoms with Crippen molar-refractivity contribution in [3.63, 3.8) is 0 Å². The molecule has 0 aliphatic heterocycles. The van der Waals surface area contributed by atoms with Gasteiger partial charge in [-0.15, -0.1) is 0 Å². The van der Waals surface area contributed by atoms with Crippen LogP contribution in [0.25, 0.3) is 10.8 Å². The van der Waals surface area contributed by atoms with Crippen LogP contribution in [0.4, 0.5) is 5.69 Å². The number of ether oxygens (including phenoxy) is 1. The summed E-state index contributed by atoms with van der Waals surface area (Å²) in [5.74, 6) is 0.775. The predicted molar refractivity (Wildman–Crippen MR) is 111 cm³/mol. The van der Waals surface area contributed by atoms with Gasteiger partial charge in [-0.05, 0) is 29.5 Å². The number of aliphatic hydroxyl groups excluding tert-OH is 1. The largest absolute Gasteiger partial charge is 0.491 e. The van der Waals surface area contributed by atoms with Crippen molar-refractivity contribution >= 4 is 16.5 Å². The van der Waals surface area contributed by atoms with Crippen LogP contribution in [-0.4, -0.2) is 29.3 Å². The molecule has 2 N–H and O–H groups in total. The molecule has 3 rings (SSSR count). The lowest BCUT2D eigenvalue weighted by Gasteiger charge is -2.23. The van der Waals surface area contributed by atoms with Gasteiger partial charge in [-0.1, -0.05) is 57.2 Å². The van der Waals surface area contributed by atoms with E-state index in [1.54, 1.807) is 6.20 Å². The summed E-state index contributed by atoms with van der Waals surface area (Å²) in [6, 6.07) is 16.2. The number of aliphatic hydroxyl groups is 1. The highest BCUT2D eigenvalue weighted by Crippen LogP contribution is 2.28. The standard InChI is InChI=1S/C23H28N2O2/c1-4-23(2,3)18-9-11-20(12-10-18)27-16-19(26)14-25-22-15-24-13-17-7-5-6-8-21(17)22/h5-13,15,19,25-26H,4,14,16H2,1-3H3. The smallest absolute Gasteiger partial charge is 0.119 e. The maximum absolute atomic E-state index is 10.3. The van der Waals surface area contributed by atoms with Gasteiger partial charge >= 0.3 is 0 Å². The molecule has 4 heteroatoms. The van der Waals surface area contributed by atoms with Crippen LogP contribution in [0.2, 0.25) is 0 Å². The van der Waals surface area contributed by atoms with E-state index in [1.165, 1.54) is 5.56 Å². The Morgan fingerprint density at radius 3 is 2.56 bits per heavy atom. The first kappa shape index (κ1) is 19.2. The quantitative estimate of drug-likeness (QED) is 0.604. The number of rotatable bonds is 8. The van der Waals surface area contributed by atoms with E-state index in [2.05, 4.69) is 43.2 Å². The Hall–Kier alpha value is -2.59. The molecule has 1 unspecified atom stereocenters. The van der Waals surface area contributed by atoms with E-state index in [4.69, 9.17) is 4.74 Å². The highest BCUT2D eigenvalue weighted by Gasteiger charge is 2.17. The van der Waals surface area contributed by atoms with Crippen LogP contribution in [0.15, 0.2) is 60.9 Å². The number of anilines is 1. The van der Waals surface area contributed by atoms with Gasteiger partial charge in [0.25, 0.3) is 0 Å². The predicted octanol–water partition coefficient (Wildman–Crippen LogP) is 4.77. The van der Waals surface area contributed by atoms with Crippen LogP contribution in [0, 0.1) is 0 Å². The Bertz CT molecular complexity index is 870. The minimum absolute atomic E-state index is 0.161. The first-order chi connectivity index (χ1) is 13.0. The van der Waals surface area contributed by atoms with Crippen LogP contribution in [0.5, 0.6) is 5.75 Å². The molecular formula is C23H28N2O2. The van der Waals surface area contributed by atoms with E-state index in [0.29, 0.717) is 6.54 Å². The average Bonchev–Trinajstić information content (AvgIpc) is 2.71. The van der Waals surface area contributed by atoms with Crippen molar-refractivity contribution in [2.24, 2.45) is 0 Å². The third-order valence-electron chi connectivity index (χ3n) is 5.16. The van der Waals surface area contributed by atoms with E-state index < -0.39 is 6.10 Å². The summed E-state index contributed by atoms with van der Waals surface area (Å²) in [7, 11) is 0. The van der Waals surface area contributed by atoms with Gasteiger partial charge in [0.2, 0.25) is 0 Å². The second kappa shape index (κ2) is 8.40. The Labute approximate surface area is 161 Å². The van der Waals surface area contributed by atoms with E-state index in [0.717, 1.165) is 28.6 Å². The molecule has 3 aromatic rings. The maximum Gasteiger partial charge on any atom is 0.119 e. The lowest BCUT2D eigenvalue weighted by Crippen LogP contribution is -2.26. The molecule has 0 aliphatic carbocycles. The van der Waals surface area contributed by atoms with Crippen molar-refractivity contribution < 1.29 is 9.84 Å². The van der Waals surface area contributed by atoms with Crippen LogP contribution >= 0.6 is 0 Å². The third kappa shape index (κ3) is 4.77.